The summed E-state index contributed by atoms with van der Waals surface area (Å²) in [5.74, 6) is -0.812. The molecule has 1 aromatic carbocycles. The van der Waals surface area contributed by atoms with Crippen molar-refractivity contribution in [1.29, 1.82) is 0 Å². The van der Waals surface area contributed by atoms with Gasteiger partial charge in [-0.05, 0) is 37.1 Å². The van der Waals surface area contributed by atoms with Gasteiger partial charge in [0, 0.05) is 31.0 Å². The molecule has 0 bridgehead atoms. The SMILES string of the molecule is O=C(c1ccc(F)cc1)N1CCCC(C(=O)n2ccnc2)C1. The minimum absolute atomic E-state index is 0.0471. The van der Waals surface area contributed by atoms with Crippen molar-refractivity contribution in [3.05, 3.63) is 54.4 Å². The third kappa shape index (κ3) is 2.90. The summed E-state index contributed by atoms with van der Waals surface area (Å²) >= 11 is 0. The molecule has 5 nitrogen and oxygen atoms in total. The fraction of sp³-hybridized carbons (Fsp3) is 0.312. The lowest BCUT2D eigenvalue weighted by atomic mass is 9.96. The monoisotopic (exact) mass is 301 g/mol. The van der Waals surface area contributed by atoms with Crippen molar-refractivity contribution in [3.8, 4) is 0 Å². The van der Waals surface area contributed by atoms with Crippen LogP contribution in [0.25, 0.3) is 0 Å². The third-order valence-corrected chi connectivity index (χ3v) is 3.91. The van der Waals surface area contributed by atoms with Crippen LogP contribution < -0.4 is 0 Å². The number of carbonyl (C=O) groups is 2. The number of rotatable bonds is 2. The van der Waals surface area contributed by atoms with Crippen LogP contribution in [-0.4, -0.2) is 39.4 Å². The summed E-state index contributed by atoms with van der Waals surface area (Å²) < 4.78 is 14.4. The van der Waals surface area contributed by atoms with Crippen molar-refractivity contribution in [3.63, 3.8) is 0 Å². The van der Waals surface area contributed by atoms with Crippen LogP contribution in [0, 0.1) is 11.7 Å². The summed E-state index contributed by atoms with van der Waals surface area (Å²) in [5.41, 5.74) is 0.442. The minimum atomic E-state index is -0.372. The van der Waals surface area contributed by atoms with Crippen molar-refractivity contribution in [1.82, 2.24) is 14.5 Å². The van der Waals surface area contributed by atoms with Crippen LogP contribution in [0.3, 0.4) is 0 Å². The molecule has 2 heterocycles. The Hall–Kier alpha value is -2.50. The second kappa shape index (κ2) is 6.09. The molecule has 1 aliphatic heterocycles. The summed E-state index contributed by atoms with van der Waals surface area (Å²) in [4.78, 5) is 30.3. The minimum Gasteiger partial charge on any atom is -0.338 e. The molecule has 0 radical (unpaired) electrons. The lowest BCUT2D eigenvalue weighted by molar-refractivity contribution is 0.0605. The zero-order chi connectivity index (χ0) is 15.5. The van der Waals surface area contributed by atoms with E-state index in [0.29, 0.717) is 18.7 Å². The van der Waals surface area contributed by atoms with E-state index >= 15 is 0 Å². The van der Waals surface area contributed by atoms with Crippen LogP contribution >= 0.6 is 0 Å². The Balaban J connectivity index is 1.71. The molecule has 1 atom stereocenters. The lowest BCUT2D eigenvalue weighted by Crippen LogP contribution is -2.43. The van der Waals surface area contributed by atoms with Gasteiger partial charge in [0.2, 0.25) is 5.91 Å². The van der Waals surface area contributed by atoms with Crippen molar-refractivity contribution < 1.29 is 14.0 Å². The predicted molar refractivity (Wildman–Crippen MR) is 77.9 cm³/mol. The van der Waals surface area contributed by atoms with Crippen LogP contribution in [-0.2, 0) is 0 Å². The van der Waals surface area contributed by atoms with Gasteiger partial charge in [-0.15, -0.1) is 0 Å². The maximum atomic E-state index is 12.9. The van der Waals surface area contributed by atoms with E-state index in [1.54, 1.807) is 17.3 Å². The van der Waals surface area contributed by atoms with Crippen LogP contribution in [0.5, 0.6) is 0 Å². The predicted octanol–water partition coefficient (Wildman–Crippen LogP) is 2.21. The topological polar surface area (TPSA) is 55.2 Å². The first-order valence-electron chi connectivity index (χ1n) is 7.22. The number of likely N-dealkylation sites (tertiary alicyclic amines) is 1. The molecule has 0 spiro atoms. The van der Waals surface area contributed by atoms with Gasteiger partial charge >= 0.3 is 0 Å². The van der Waals surface area contributed by atoms with E-state index in [1.807, 2.05) is 0 Å². The molecular weight excluding hydrogens is 285 g/mol. The van der Waals surface area contributed by atoms with Gasteiger partial charge in [-0.1, -0.05) is 0 Å². The molecule has 1 aromatic heterocycles. The number of amides is 1. The van der Waals surface area contributed by atoms with E-state index in [4.69, 9.17) is 0 Å². The smallest absolute Gasteiger partial charge is 0.253 e. The fourth-order valence-electron chi connectivity index (χ4n) is 2.74. The highest BCUT2D eigenvalue weighted by molar-refractivity contribution is 5.94. The normalized spacial score (nSPS) is 18.2. The summed E-state index contributed by atoms with van der Waals surface area (Å²) in [7, 11) is 0. The van der Waals surface area contributed by atoms with Crippen molar-refractivity contribution >= 4 is 11.8 Å². The number of aromatic nitrogens is 2. The molecule has 1 unspecified atom stereocenters. The molecule has 0 N–H and O–H groups in total. The van der Waals surface area contributed by atoms with E-state index in [9.17, 15) is 14.0 Å². The Morgan fingerprint density at radius 3 is 2.68 bits per heavy atom. The summed E-state index contributed by atoms with van der Waals surface area (Å²) in [6.07, 6.45) is 6.18. The maximum absolute atomic E-state index is 12.9. The molecule has 6 heteroatoms. The molecular formula is C16H16FN3O2. The van der Waals surface area contributed by atoms with Crippen LogP contribution in [0.1, 0.15) is 28.0 Å². The standard InChI is InChI=1S/C16H16FN3O2/c17-14-5-3-12(4-6-14)15(21)19-8-1-2-13(10-19)16(22)20-9-7-18-11-20/h3-7,9,11,13H,1-2,8,10H2. The Kier molecular flexibility index (Phi) is 4.00. The van der Waals surface area contributed by atoms with Gasteiger partial charge in [0.1, 0.15) is 12.1 Å². The number of nitrogens with zero attached hydrogens (tertiary/aromatic N) is 3. The van der Waals surface area contributed by atoms with E-state index in [-0.39, 0.29) is 23.5 Å². The fourth-order valence-corrected chi connectivity index (χ4v) is 2.74. The van der Waals surface area contributed by atoms with Crippen LogP contribution in [0.15, 0.2) is 43.0 Å². The van der Waals surface area contributed by atoms with Crippen LogP contribution in [0.2, 0.25) is 0 Å². The van der Waals surface area contributed by atoms with Crippen molar-refractivity contribution in [2.24, 2.45) is 5.92 Å². The number of carbonyl (C=O) groups excluding carboxylic acids is 2. The van der Waals surface area contributed by atoms with Gasteiger partial charge in [0.05, 0.1) is 5.92 Å². The molecule has 1 fully saturated rings. The Morgan fingerprint density at radius 2 is 2.00 bits per heavy atom. The number of benzene rings is 1. The third-order valence-electron chi connectivity index (χ3n) is 3.91. The van der Waals surface area contributed by atoms with E-state index in [0.717, 1.165) is 12.8 Å². The van der Waals surface area contributed by atoms with Crippen molar-refractivity contribution in [2.45, 2.75) is 12.8 Å². The van der Waals surface area contributed by atoms with Gasteiger partial charge in [0.15, 0.2) is 0 Å². The van der Waals surface area contributed by atoms with E-state index in [1.165, 1.54) is 35.2 Å². The van der Waals surface area contributed by atoms with Crippen molar-refractivity contribution in [2.75, 3.05) is 13.1 Å². The Morgan fingerprint density at radius 1 is 1.23 bits per heavy atom. The number of hydrogen-bond acceptors (Lipinski definition) is 3. The molecule has 1 amide bonds. The summed E-state index contributed by atoms with van der Waals surface area (Å²) in [5, 5.41) is 0. The second-order valence-electron chi connectivity index (χ2n) is 5.41. The molecule has 3 rings (SSSR count). The summed E-state index contributed by atoms with van der Waals surface area (Å²) in [6, 6.07) is 5.48. The van der Waals surface area contributed by atoms with Gasteiger partial charge in [0.25, 0.3) is 5.91 Å². The second-order valence-corrected chi connectivity index (χ2v) is 5.41. The molecule has 2 aromatic rings. The quantitative estimate of drug-likeness (QED) is 0.854. The highest BCUT2D eigenvalue weighted by Crippen LogP contribution is 2.20. The first-order chi connectivity index (χ1) is 10.6. The van der Waals surface area contributed by atoms with Gasteiger partial charge in [-0.3, -0.25) is 14.2 Å². The molecule has 114 valence electrons. The van der Waals surface area contributed by atoms with Gasteiger partial charge < -0.3 is 4.90 Å². The molecule has 0 aliphatic carbocycles. The Bertz CT molecular complexity index is 667. The van der Waals surface area contributed by atoms with E-state index in [2.05, 4.69) is 4.98 Å². The molecule has 1 aliphatic rings. The first kappa shape index (κ1) is 14.4. The largest absolute Gasteiger partial charge is 0.338 e. The number of hydrogen-bond donors (Lipinski definition) is 0. The molecule has 1 saturated heterocycles. The van der Waals surface area contributed by atoms with Gasteiger partial charge in [-0.25, -0.2) is 9.37 Å². The summed E-state index contributed by atoms with van der Waals surface area (Å²) in [6.45, 7) is 0.997. The zero-order valence-corrected chi connectivity index (χ0v) is 12.0. The average Bonchev–Trinajstić information content (AvgIpc) is 3.09. The van der Waals surface area contributed by atoms with E-state index < -0.39 is 0 Å². The van der Waals surface area contributed by atoms with Gasteiger partial charge in [-0.2, -0.15) is 0 Å². The highest BCUT2D eigenvalue weighted by Gasteiger charge is 2.29. The molecule has 22 heavy (non-hydrogen) atoms. The lowest BCUT2D eigenvalue weighted by Gasteiger charge is -2.32. The first-order valence-corrected chi connectivity index (χ1v) is 7.22. The highest BCUT2D eigenvalue weighted by atomic mass is 19.1. The average molecular weight is 301 g/mol. The van der Waals surface area contributed by atoms with Crippen LogP contribution in [0.4, 0.5) is 4.39 Å². The number of imidazole rings is 1. The number of piperidine rings is 1. The Labute approximate surface area is 127 Å². The number of halogens is 1. The molecule has 0 saturated carbocycles. The maximum Gasteiger partial charge on any atom is 0.253 e. The zero-order valence-electron chi connectivity index (χ0n) is 12.0.